The molecule has 0 fully saturated rings. The fourth-order valence-electron chi connectivity index (χ4n) is 1.62. The summed E-state index contributed by atoms with van der Waals surface area (Å²) in [5.74, 6) is 0.892. The summed E-state index contributed by atoms with van der Waals surface area (Å²) in [6.07, 6.45) is 0. The molecule has 10 heteroatoms. The van der Waals surface area contributed by atoms with Gasteiger partial charge in [0.1, 0.15) is 34.8 Å². The highest BCUT2D eigenvalue weighted by Gasteiger charge is 2.15. The smallest absolute Gasteiger partial charge is 0.140 e. The zero-order chi connectivity index (χ0) is 18.0. The second kappa shape index (κ2) is 9.36. The molecule has 0 bridgehead atoms. The van der Waals surface area contributed by atoms with Crippen LogP contribution in [-0.4, -0.2) is 13.2 Å². The Morgan fingerprint density at radius 1 is 0.625 bits per heavy atom. The van der Waals surface area contributed by atoms with Gasteiger partial charge in [-0.3, -0.25) is 0 Å². The van der Waals surface area contributed by atoms with Gasteiger partial charge in [0, 0.05) is 8.95 Å². The Hall–Kier alpha value is 1.12. The van der Waals surface area contributed by atoms with Crippen LogP contribution in [0.25, 0.3) is 0 Å². The van der Waals surface area contributed by atoms with E-state index in [9.17, 15) is 0 Å². The zero-order valence-corrected chi connectivity index (χ0v) is 20.8. The summed E-state index contributed by atoms with van der Waals surface area (Å²) in [5.41, 5.74) is 0. The van der Waals surface area contributed by atoms with Gasteiger partial charge in [0.25, 0.3) is 0 Å². The Morgan fingerprint density at radius 3 is 1.29 bits per heavy atom. The molecule has 0 unspecified atom stereocenters. The summed E-state index contributed by atoms with van der Waals surface area (Å²) in [5, 5.41) is 1.38. The molecule has 0 aromatic heterocycles. The number of rotatable bonds is 5. The lowest BCUT2D eigenvalue weighted by molar-refractivity contribution is 0.217. The SMILES string of the molecule is Clc1c(OCCOc2cc(Br)c(Br)c(Cl)c2Cl)cc(Br)c(Br)c1Cl. The average molecular weight is 668 g/mol. The van der Waals surface area contributed by atoms with E-state index in [2.05, 4.69) is 63.7 Å². The molecule has 0 N–H and O–H groups in total. The Kier molecular flexibility index (Phi) is 8.35. The molecule has 0 aliphatic rings. The quantitative estimate of drug-likeness (QED) is 0.180. The van der Waals surface area contributed by atoms with E-state index in [1.165, 1.54) is 0 Å². The Balaban J connectivity index is 2.02. The van der Waals surface area contributed by atoms with Crippen LogP contribution < -0.4 is 9.47 Å². The molecule has 0 aliphatic carbocycles. The van der Waals surface area contributed by atoms with E-state index in [0.29, 0.717) is 40.5 Å². The van der Waals surface area contributed by atoms with Crippen molar-refractivity contribution >= 4 is 110 Å². The summed E-state index contributed by atoms with van der Waals surface area (Å²) < 4.78 is 14.0. The highest BCUT2D eigenvalue weighted by atomic mass is 79.9. The molecule has 0 atom stereocenters. The van der Waals surface area contributed by atoms with Crippen LogP contribution in [-0.2, 0) is 0 Å². The first kappa shape index (κ1) is 21.4. The van der Waals surface area contributed by atoms with Gasteiger partial charge < -0.3 is 9.47 Å². The van der Waals surface area contributed by atoms with Crippen molar-refractivity contribution in [1.29, 1.82) is 0 Å². The van der Waals surface area contributed by atoms with Crippen LogP contribution in [0.2, 0.25) is 20.1 Å². The van der Waals surface area contributed by atoms with Crippen LogP contribution >= 0.6 is 110 Å². The molecule has 2 aromatic rings. The van der Waals surface area contributed by atoms with Gasteiger partial charge in [0.2, 0.25) is 0 Å². The first-order chi connectivity index (χ1) is 11.2. The van der Waals surface area contributed by atoms with E-state index in [1.807, 2.05) is 0 Å². The molecule has 0 saturated heterocycles. The molecule has 0 spiro atoms. The number of hydrogen-bond acceptors (Lipinski definition) is 2. The number of halogens is 8. The van der Waals surface area contributed by atoms with Crippen molar-refractivity contribution in [2.75, 3.05) is 13.2 Å². The largest absolute Gasteiger partial charge is 0.488 e. The van der Waals surface area contributed by atoms with E-state index in [4.69, 9.17) is 55.9 Å². The summed E-state index contributed by atoms with van der Waals surface area (Å²) in [6.45, 7) is 0.484. The molecule has 0 amide bonds. The van der Waals surface area contributed by atoms with Gasteiger partial charge in [0.15, 0.2) is 0 Å². The molecule has 0 saturated carbocycles. The summed E-state index contributed by atoms with van der Waals surface area (Å²) in [7, 11) is 0. The van der Waals surface area contributed by atoms with E-state index >= 15 is 0 Å². The van der Waals surface area contributed by atoms with Gasteiger partial charge in [-0.15, -0.1) is 0 Å². The summed E-state index contributed by atoms with van der Waals surface area (Å²) >= 11 is 37.9. The molecule has 0 aliphatic heterocycles. The monoisotopic (exact) mass is 662 g/mol. The molecular weight excluding hydrogens is 662 g/mol. The van der Waals surface area contributed by atoms with Crippen molar-refractivity contribution in [3.05, 3.63) is 50.1 Å². The van der Waals surface area contributed by atoms with E-state index in [0.717, 1.165) is 8.95 Å². The average Bonchev–Trinajstić information content (AvgIpc) is 2.56. The van der Waals surface area contributed by atoms with Gasteiger partial charge in [-0.25, -0.2) is 0 Å². The molecule has 130 valence electrons. The lowest BCUT2D eigenvalue weighted by atomic mass is 10.3. The highest BCUT2D eigenvalue weighted by Crippen LogP contribution is 2.43. The molecule has 2 nitrogen and oxygen atoms in total. The third kappa shape index (κ3) is 4.89. The summed E-state index contributed by atoms with van der Waals surface area (Å²) in [4.78, 5) is 0. The third-order valence-electron chi connectivity index (χ3n) is 2.74. The molecule has 24 heavy (non-hydrogen) atoms. The maximum absolute atomic E-state index is 6.15. The zero-order valence-electron chi connectivity index (χ0n) is 11.4. The normalized spacial score (nSPS) is 10.8. The highest BCUT2D eigenvalue weighted by molar-refractivity contribution is 9.13. The summed E-state index contributed by atoms with van der Waals surface area (Å²) in [6, 6.07) is 3.44. The van der Waals surface area contributed by atoms with Gasteiger partial charge in [-0.2, -0.15) is 0 Å². The first-order valence-corrected chi connectivity index (χ1v) is 10.8. The van der Waals surface area contributed by atoms with Gasteiger partial charge in [-0.05, 0) is 75.9 Å². The van der Waals surface area contributed by atoms with Gasteiger partial charge in [0.05, 0.1) is 19.0 Å². The predicted molar refractivity (Wildman–Crippen MR) is 115 cm³/mol. The molecule has 2 aromatic carbocycles. The third-order valence-corrected chi connectivity index (χ3v) is 8.86. The topological polar surface area (TPSA) is 18.5 Å². The molecule has 2 rings (SSSR count). The van der Waals surface area contributed by atoms with Crippen LogP contribution in [0.15, 0.2) is 30.0 Å². The fourth-order valence-corrected chi connectivity index (χ4v) is 4.31. The van der Waals surface area contributed by atoms with Crippen molar-refractivity contribution in [2.45, 2.75) is 0 Å². The van der Waals surface area contributed by atoms with Crippen molar-refractivity contribution in [3.8, 4) is 11.5 Å². The van der Waals surface area contributed by atoms with E-state index < -0.39 is 0 Å². The van der Waals surface area contributed by atoms with E-state index in [-0.39, 0.29) is 13.2 Å². The van der Waals surface area contributed by atoms with Crippen molar-refractivity contribution < 1.29 is 9.47 Å². The van der Waals surface area contributed by atoms with Crippen molar-refractivity contribution in [2.24, 2.45) is 0 Å². The van der Waals surface area contributed by atoms with Crippen LogP contribution in [0.5, 0.6) is 11.5 Å². The minimum atomic E-state index is 0.242. The van der Waals surface area contributed by atoms with Crippen LogP contribution in [0.1, 0.15) is 0 Å². The standard InChI is InChI=1S/C14H6Br4Cl4O2/c15-5-3-7(11(19)13(21)9(5)17)23-1-2-24-8-4-6(16)10(18)14(22)12(8)20/h3-4H,1-2H2. The Morgan fingerprint density at radius 2 is 0.958 bits per heavy atom. The molecular formula is C14H6Br4Cl4O2. The lowest BCUT2D eigenvalue weighted by Gasteiger charge is -2.14. The second-order valence-electron chi connectivity index (χ2n) is 4.29. The number of hydrogen-bond donors (Lipinski definition) is 0. The van der Waals surface area contributed by atoms with Crippen molar-refractivity contribution in [3.63, 3.8) is 0 Å². The van der Waals surface area contributed by atoms with Crippen molar-refractivity contribution in [1.82, 2.24) is 0 Å². The molecule has 0 heterocycles. The Labute approximate surface area is 192 Å². The van der Waals surface area contributed by atoms with E-state index in [1.54, 1.807) is 12.1 Å². The first-order valence-electron chi connectivity index (χ1n) is 6.15. The maximum Gasteiger partial charge on any atom is 0.140 e. The minimum absolute atomic E-state index is 0.242. The Bertz CT molecular complexity index is 721. The number of benzene rings is 2. The van der Waals surface area contributed by atoms with Crippen LogP contribution in [0.4, 0.5) is 0 Å². The fraction of sp³-hybridized carbons (Fsp3) is 0.143. The van der Waals surface area contributed by atoms with Gasteiger partial charge in [-0.1, -0.05) is 46.4 Å². The minimum Gasteiger partial charge on any atom is -0.488 e. The van der Waals surface area contributed by atoms with Crippen LogP contribution in [0, 0.1) is 0 Å². The second-order valence-corrected chi connectivity index (χ2v) is 9.10. The van der Waals surface area contributed by atoms with Crippen LogP contribution in [0.3, 0.4) is 0 Å². The maximum atomic E-state index is 6.15. The predicted octanol–water partition coefficient (Wildman–Crippen LogP) is 8.81. The number of ether oxygens (including phenoxy) is 2. The molecule has 0 radical (unpaired) electrons. The lowest BCUT2D eigenvalue weighted by Crippen LogP contribution is -2.09. The van der Waals surface area contributed by atoms with Gasteiger partial charge >= 0.3 is 0 Å².